The number of rotatable bonds is 7. The Kier molecular flexibility index (Phi) is 4.92. The molecule has 0 amide bonds. The second-order valence-corrected chi connectivity index (χ2v) is 4.43. The Morgan fingerprint density at radius 1 is 1.11 bits per heavy atom. The topological polar surface area (TPSA) is 73.1 Å². The molecule has 0 aliphatic rings. The van der Waals surface area contributed by atoms with Gasteiger partial charge in [-0.05, 0) is 31.4 Å². The quantitative estimate of drug-likeness (QED) is 0.748. The number of anilines is 2. The third-order valence-electron chi connectivity index (χ3n) is 2.92. The fraction of sp³-hybridized carbons (Fsp3) is 0.429. The summed E-state index contributed by atoms with van der Waals surface area (Å²) in [6, 6.07) is 7.72. The van der Waals surface area contributed by atoms with Crippen LogP contribution in [0.25, 0.3) is 11.0 Å². The molecule has 0 bridgehead atoms. The number of nitrogen functional groups attached to an aromatic ring is 1. The maximum atomic E-state index is 5.89. The lowest BCUT2D eigenvalue weighted by molar-refractivity contribution is 0.192. The Morgan fingerprint density at radius 3 is 2.58 bits per heavy atom. The zero-order valence-electron chi connectivity index (χ0n) is 11.2. The minimum Gasteiger partial charge on any atom is -0.385 e. The molecule has 1 heterocycles. The second kappa shape index (κ2) is 6.89. The molecule has 0 saturated heterocycles. The van der Waals surface area contributed by atoms with Crippen molar-refractivity contribution in [3.05, 3.63) is 24.3 Å². The monoisotopic (exact) mass is 260 g/mol. The molecule has 0 aliphatic carbocycles. The molecule has 3 N–H and O–H groups in total. The van der Waals surface area contributed by atoms with E-state index in [2.05, 4.69) is 15.3 Å². The summed E-state index contributed by atoms with van der Waals surface area (Å²) in [7, 11) is 1.73. The van der Waals surface area contributed by atoms with Crippen LogP contribution in [0, 0.1) is 0 Å². The summed E-state index contributed by atoms with van der Waals surface area (Å²) in [4.78, 5) is 8.82. The van der Waals surface area contributed by atoms with Crippen LogP contribution in [0.15, 0.2) is 24.3 Å². The van der Waals surface area contributed by atoms with Gasteiger partial charge in [0.15, 0.2) is 11.6 Å². The van der Waals surface area contributed by atoms with E-state index in [0.717, 1.165) is 43.4 Å². The lowest BCUT2D eigenvalue weighted by Gasteiger charge is -2.08. The van der Waals surface area contributed by atoms with Gasteiger partial charge in [-0.25, -0.2) is 9.97 Å². The molecule has 0 aliphatic heterocycles. The van der Waals surface area contributed by atoms with E-state index < -0.39 is 0 Å². The van der Waals surface area contributed by atoms with Crippen molar-refractivity contribution in [1.29, 1.82) is 0 Å². The summed E-state index contributed by atoms with van der Waals surface area (Å²) in [6.45, 7) is 1.67. The zero-order chi connectivity index (χ0) is 13.5. The van der Waals surface area contributed by atoms with Gasteiger partial charge in [0.2, 0.25) is 0 Å². The summed E-state index contributed by atoms with van der Waals surface area (Å²) < 4.78 is 5.01. The van der Waals surface area contributed by atoms with Crippen LogP contribution in [0.3, 0.4) is 0 Å². The molecule has 5 nitrogen and oxygen atoms in total. The molecule has 0 unspecified atom stereocenters. The number of benzene rings is 1. The molecular weight excluding hydrogens is 240 g/mol. The van der Waals surface area contributed by atoms with E-state index in [9.17, 15) is 0 Å². The van der Waals surface area contributed by atoms with Gasteiger partial charge in [0, 0.05) is 20.3 Å². The molecule has 0 atom stereocenters. The molecule has 5 heteroatoms. The number of ether oxygens (including phenoxy) is 1. The molecule has 0 spiro atoms. The number of unbranched alkanes of at least 4 members (excludes halogenated alkanes) is 2. The number of nitrogens with zero attached hydrogens (tertiary/aromatic N) is 2. The summed E-state index contributed by atoms with van der Waals surface area (Å²) in [6.07, 6.45) is 3.27. The Hall–Kier alpha value is -1.88. The Morgan fingerprint density at radius 2 is 1.84 bits per heavy atom. The van der Waals surface area contributed by atoms with E-state index in [4.69, 9.17) is 10.5 Å². The van der Waals surface area contributed by atoms with Crippen LogP contribution in [0.5, 0.6) is 0 Å². The first-order valence-electron chi connectivity index (χ1n) is 6.56. The van der Waals surface area contributed by atoms with E-state index in [1.165, 1.54) is 0 Å². The normalized spacial score (nSPS) is 10.8. The lowest BCUT2D eigenvalue weighted by atomic mass is 10.2. The van der Waals surface area contributed by atoms with E-state index >= 15 is 0 Å². The van der Waals surface area contributed by atoms with Gasteiger partial charge in [0.1, 0.15) is 0 Å². The minimum absolute atomic E-state index is 0.454. The van der Waals surface area contributed by atoms with Crippen molar-refractivity contribution in [2.75, 3.05) is 31.3 Å². The van der Waals surface area contributed by atoms with Gasteiger partial charge in [0.05, 0.1) is 11.0 Å². The second-order valence-electron chi connectivity index (χ2n) is 4.43. The lowest BCUT2D eigenvalue weighted by Crippen LogP contribution is -2.08. The molecule has 0 radical (unpaired) electrons. The van der Waals surface area contributed by atoms with Crippen molar-refractivity contribution in [1.82, 2.24) is 9.97 Å². The van der Waals surface area contributed by atoms with Crippen molar-refractivity contribution >= 4 is 22.7 Å². The van der Waals surface area contributed by atoms with E-state index in [1.54, 1.807) is 7.11 Å². The molecular formula is C14H20N4O. The molecule has 2 aromatic rings. The van der Waals surface area contributed by atoms with Crippen LogP contribution in [-0.4, -0.2) is 30.2 Å². The highest BCUT2D eigenvalue weighted by atomic mass is 16.5. The third-order valence-corrected chi connectivity index (χ3v) is 2.92. The van der Waals surface area contributed by atoms with Crippen LogP contribution in [0.4, 0.5) is 11.6 Å². The Bertz CT molecular complexity index is 530. The van der Waals surface area contributed by atoms with Crippen LogP contribution < -0.4 is 11.1 Å². The standard InChI is InChI=1S/C14H20N4O/c1-19-10-6-2-5-9-16-14-13(15)17-11-7-3-4-8-12(11)18-14/h3-4,7-8H,2,5-6,9-10H2,1H3,(H2,15,17)(H,16,18). The van der Waals surface area contributed by atoms with E-state index in [1.807, 2.05) is 24.3 Å². The number of para-hydroxylation sites is 2. The van der Waals surface area contributed by atoms with E-state index in [-0.39, 0.29) is 0 Å². The van der Waals surface area contributed by atoms with Gasteiger partial charge in [-0.1, -0.05) is 12.1 Å². The average Bonchev–Trinajstić information content (AvgIpc) is 2.43. The highest BCUT2D eigenvalue weighted by molar-refractivity contribution is 5.79. The number of nitrogens with one attached hydrogen (secondary N) is 1. The summed E-state index contributed by atoms with van der Waals surface area (Å²) in [5.74, 6) is 1.13. The zero-order valence-corrected chi connectivity index (χ0v) is 11.2. The Labute approximate surface area is 113 Å². The van der Waals surface area contributed by atoms with Gasteiger partial charge in [0.25, 0.3) is 0 Å². The van der Waals surface area contributed by atoms with Gasteiger partial charge < -0.3 is 15.8 Å². The molecule has 1 aromatic heterocycles. The highest BCUT2D eigenvalue weighted by Crippen LogP contribution is 2.18. The van der Waals surface area contributed by atoms with E-state index in [0.29, 0.717) is 11.6 Å². The van der Waals surface area contributed by atoms with Gasteiger partial charge in [-0.15, -0.1) is 0 Å². The third kappa shape index (κ3) is 3.79. The number of methoxy groups -OCH3 is 1. The van der Waals surface area contributed by atoms with Crippen LogP contribution >= 0.6 is 0 Å². The van der Waals surface area contributed by atoms with Gasteiger partial charge >= 0.3 is 0 Å². The number of aromatic nitrogens is 2. The fourth-order valence-electron chi connectivity index (χ4n) is 1.90. The van der Waals surface area contributed by atoms with Gasteiger partial charge in [-0.2, -0.15) is 0 Å². The first-order valence-corrected chi connectivity index (χ1v) is 6.56. The van der Waals surface area contributed by atoms with Crippen LogP contribution in [-0.2, 0) is 4.74 Å². The first kappa shape index (κ1) is 13.5. The largest absolute Gasteiger partial charge is 0.385 e. The van der Waals surface area contributed by atoms with Gasteiger partial charge in [-0.3, -0.25) is 0 Å². The Balaban J connectivity index is 1.91. The summed E-state index contributed by atoms with van der Waals surface area (Å²) >= 11 is 0. The molecule has 2 rings (SSSR count). The minimum atomic E-state index is 0.454. The SMILES string of the molecule is COCCCCCNc1nc2ccccc2nc1N. The molecule has 19 heavy (non-hydrogen) atoms. The molecule has 102 valence electrons. The van der Waals surface area contributed by atoms with Crippen molar-refractivity contribution in [3.63, 3.8) is 0 Å². The maximum Gasteiger partial charge on any atom is 0.169 e. The maximum absolute atomic E-state index is 5.89. The van der Waals surface area contributed by atoms with Crippen LogP contribution in [0.1, 0.15) is 19.3 Å². The van der Waals surface area contributed by atoms with Crippen molar-refractivity contribution < 1.29 is 4.74 Å². The predicted octanol–water partition coefficient (Wildman–Crippen LogP) is 2.44. The summed E-state index contributed by atoms with van der Waals surface area (Å²) in [5.41, 5.74) is 7.58. The van der Waals surface area contributed by atoms with Crippen molar-refractivity contribution in [2.45, 2.75) is 19.3 Å². The van der Waals surface area contributed by atoms with Crippen molar-refractivity contribution in [3.8, 4) is 0 Å². The first-order chi connectivity index (χ1) is 9.31. The predicted molar refractivity (Wildman–Crippen MR) is 78.2 cm³/mol. The smallest absolute Gasteiger partial charge is 0.169 e. The molecule has 0 saturated carbocycles. The number of fused-ring (bicyclic) bond motifs is 1. The average molecular weight is 260 g/mol. The fourth-order valence-corrected chi connectivity index (χ4v) is 1.90. The number of hydrogen-bond acceptors (Lipinski definition) is 5. The summed E-state index contributed by atoms with van der Waals surface area (Å²) in [5, 5.41) is 3.24. The molecule has 1 aromatic carbocycles. The highest BCUT2D eigenvalue weighted by Gasteiger charge is 2.04. The van der Waals surface area contributed by atoms with Crippen LogP contribution in [0.2, 0.25) is 0 Å². The van der Waals surface area contributed by atoms with Crippen molar-refractivity contribution in [2.24, 2.45) is 0 Å². The molecule has 0 fully saturated rings. The number of nitrogens with two attached hydrogens (primary N) is 1. The number of hydrogen-bond donors (Lipinski definition) is 2.